The number of esters is 1. The molecule has 0 amide bonds. The third-order valence-electron chi connectivity index (χ3n) is 3.33. The molecule has 27 heavy (non-hydrogen) atoms. The zero-order valence-electron chi connectivity index (χ0n) is 13.7. The number of nitrogens with zero attached hydrogens (tertiary/aromatic N) is 4. The van der Waals surface area contributed by atoms with Gasteiger partial charge in [-0.2, -0.15) is 13.2 Å². The molecule has 2 aromatic heterocycles. The fourth-order valence-corrected chi connectivity index (χ4v) is 3.82. The predicted molar refractivity (Wildman–Crippen MR) is 96.0 cm³/mol. The summed E-state index contributed by atoms with van der Waals surface area (Å²) in [5.41, 5.74) is -0.421. The molecule has 0 fully saturated rings. The minimum atomic E-state index is -4.48. The molecule has 0 bridgehead atoms. The number of carbonyl (C=O) groups is 1. The third kappa shape index (κ3) is 5.36. The van der Waals surface area contributed by atoms with Crippen LogP contribution < -0.4 is 0 Å². The van der Waals surface area contributed by atoms with Crippen molar-refractivity contribution in [1.29, 1.82) is 0 Å². The monoisotopic (exact) mass is 414 g/mol. The number of pyridine rings is 1. The van der Waals surface area contributed by atoms with E-state index >= 15 is 0 Å². The first kappa shape index (κ1) is 19.5. The van der Waals surface area contributed by atoms with Crippen molar-refractivity contribution in [3.05, 3.63) is 48.2 Å². The summed E-state index contributed by atoms with van der Waals surface area (Å²) in [6, 6.07) is 8.63. The van der Waals surface area contributed by atoms with Crippen LogP contribution in [0.25, 0.3) is 11.0 Å². The van der Waals surface area contributed by atoms with Gasteiger partial charge in [0, 0.05) is 11.9 Å². The van der Waals surface area contributed by atoms with Gasteiger partial charge in [-0.3, -0.25) is 4.79 Å². The molecule has 1 aromatic carbocycles. The summed E-state index contributed by atoms with van der Waals surface area (Å²) in [6.07, 6.45) is -2.79. The van der Waals surface area contributed by atoms with Crippen LogP contribution in [0.4, 0.5) is 13.2 Å². The van der Waals surface area contributed by atoms with Crippen molar-refractivity contribution in [2.75, 3.05) is 12.4 Å². The minimum absolute atomic E-state index is 0.127. The van der Waals surface area contributed by atoms with E-state index in [0.29, 0.717) is 5.75 Å². The quantitative estimate of drug-likeness (QED) is 0.331. The van der Waals surface area contributed by atoms with E-state index in [9.17, 15) is 18.0 Å². The zero-order valence-corrected chi connectivity index (χ0v) is 15.4. The Balaban J connectivity index is 1.50. The van der Waals surface area contributed by atoms with Crippen molar-refractivity contribution in [2.24, 2.45) is 0 Å². The van der Waals surface area contributed by atoms with E-state index in [-0.39, 0.29) is 24.2 Å². The number of hydrogen-bond donors (Lipinski definition) is 0. The minimum Gasteiger partial charge on any atom is -0.463 e. The number of fused-ring (bicyclic) bond motifs is 1. The van der Waals surface area contributed by atoms with Gasteiger partial charge in [-0.05, 0) is 41.1 Å². The maximum atomic E-state index is 12.8. The molecule has 0 aliphatic heterocycles. The highest BCUT2D eigenvalue weighted by atomic mass is 33.1. The number of ether oxygens (including phenoxy) is 1. The first-order valence-electron chi connectivity index (χ1n) is 7.70. The molecule has 0 unspecified atom stereocenters. The molecule has 0 aliphatic rings. The van der Waals surface area contributed by atoms with Crippen LogP contribution in [0, 0.1) is 0 Å². The number of alkyl halides is 3. The molecule has 0 saturated carbocycles. The van der Waals surface area contributed by atoms with Crippen molar-refractivity contribution >= 4 is 38.6 Å². The lowest BCUT2D eigenvalue weighted by atomic mass is 10.2. The molecule has 11 heteroatoms. The second-order valence-corrected chi connectivity index (χ2v) is 7.68. The summed E-state index contributed by atoms with van der Waals surface area (Å²) >= 11 is 0. The average Bonchev–Trinajstić information content (AvgIpc) is 3.04. The molecule has 6 nitrogen and oxygen atoms in total. The molecule has 3 rings (SSSR count). The number of rotatable bonds is 7. The van der Waals surface area contributed by atoms with Gasteiger partial charge >= 0.3 is 12.1 Å². The third-order valence-corrected chi connectivity index (χ3v) is 5.56. The average molecular weight is 414 g/mol. The Morgan fingerprint density at radius 2 is 2.07 bits per heavy atom. The van der Waals surface area contributed by atoms with Crippen molar-refractivity contribution < 1.29 is 22.7 Å². The lowest BCUT2D eigenvalue weighted by Crippen LogP contribution is -2.16. The molecule has 142 valence electrons. The first-order valence-corrected chi connectivity index (χ1v) is 10.0. The Bertz CT molecular complexity index is 919. The number of hydrogen-bond acceptors (Lipinski definition) is 7. The summed E-state index contributed by atoms with van der Waals surface area (Å²) < 4.78 is 44.7. The van der Waals surface area contributed by atoms with Gasteiger partial charge < -0.3 is 4.74 Å². The van der Waals surface area contributed by atoms with Crippen molar-refractivity contribution in [2.45, 2.75) is 17.7 Å². The van der Waals surface area contributed by atoms with Crippen LogP contribution in [-0.4, -0.2) is 38.3 Å². The van der Waals surface area contributed by atoms with Gasteiger partial charge in [0.2, 0.25) is 0 Å². The Hall–Kier alpha value is -2.27. The molecule has 0 radical (unpaired) electrons. The molecule has 2 heterocycles. The fourth-order valence-electron chi connectivity index (χ4n) is 2.11. The van der Waals surface area contributed by atoms with E-state index in [4.69, 9.17) is 4.74 Å². The van der Waals surface area contributed by atoms with E-state index in [1.807, 2.05) is 18.2 Å². The topological polar surface area (TPSA) is 69.9 Å². The maximum Gasteiger partial charge on any atom is 0.416 e. The summed E-state index contributed by atoms with van der Waals surface area (Å²) in [5.74, 6) is -0.0498. The highest BCUT2D eigenvalue weighted by Gasteiger charge is 2.31. The summed E-state index contributed by atoms with van der Waals surface area (Å²) in [5, 5.41) is 8.34. The number of halogens is 3. The number of benzene rings is 1. The van der Waals surface area contributed by atoms with E-state index in [1.165, 1.54) is 27.7 Å². The normalized spacial score (nSPS) is 11.7. The second kappa shape index (κ2) is 8.61. The van der Waals surface area contributed by atoms with Gasteiger partial charge in [-0.25, -0.2) is 9.67 Å². The van der Waals surface area contributed by atoms with Gasteiger partial charge in [-0.1, -0.05) is 22.1 Å². The largest absolute Gasteiger partial charge is 0.463 e. The molecule has 3 aromatic rings. The van der Waals surface area contributed by atoms with Crippen LogP contribution >= 0.6 is 21.6 Å². The Kier molecular flexibility index (Phi) is 6.22. The molecule has 0 N–H and O–H groups in total. The first-order chi connectivity index (χ1) is 12.9. The van der Waals surface area contributed by atoms with Gasteiger partial charge in [0.1, 0.15) is 23.7 Å². The Morgan fingerprint density at radius 3 is 2.81 bits per heavy atom. The lowest BCUT2D eigenvalue weighted by molar-refractivity contribution is -0.143. The van der Waals surface area contributed by atoms with Gasteiger partial charge in [-0.15, -0.1) is 5.10 Å². The van der Waals surface area contributed by atoms with Crippen LogP contribution in [0.2, 0.25) is 0 Å². The molecule has 0 aliphatic carbocycles. The van der Waals surface area contributed by atoms with E-state index in [0.717, 1.165) is 21.8 Å². The molecular weight excluding hydrogens is 401 g/mol. The van der Waals surface area contributed by atoms with Crippen LogP contribution in [0.1, 0.15) is 5.56 Å². The Morgan fingerprint density at radius 1 is 1.22 bits per heavy atom. The van der Waals surface area contributed by atoms with Crippen LogP contribution in [0.15, 0.2) is 47.6 Å². The summed E-state index contributed by atoms with van der Waals surface area (Å²) in [4.78, 5) is 16.1. The van der Waals surface area contributed by atoms with E-state index in [1.54, 1.807) is 6.20 Å². The van der Waals surface area contributed by atoms with Gasteiger partial charge in [0.15, 0.2) is 0 Å². The van der Waals surface area contributed by atoms with E-state index < -0.39 is 17.7 Å². The van der Waals surface area contributed by atoms with Gasteiger partial charge in [0.05, 0.1) is 11.1 Å². The predicted octanol–water partition coefficient (Wildman–Crippen LogP) is 3.83. The standard InChI is InChI=1S/C16H13F3N4O2S2/c17-16(18,19)11-4-5-12-13(9-11)23(22-21-12)10-15(24)25-7-8-26-27-14-3-1-2-6-20-14/h1-6,9H,7-8,10H2. The fraction of sp³-hybridized carbons (Fsp3) is 0.250. The SMILES string of the molecule is O=C(Cn1nnc2ccc(C(F)(F)F)cc21)OCCSSc1ccccn1. The van der Waals surface area contributed by atoms with E-state index in [2.05, 4.69) is 15.3 Å². The number of carbonyl (C=O) groups excluding carboxylic acids is 1. The van der Waals surface area contributed by atoms with Crippen LogP contribution in [0.3, 0.4) is 0 Å². The van der Waals surface area contributed by atoms with Crippen molar-refractivity contribution in [3.8, 4) is 0 Å². The van der Waals surface area contributed by atoms with Gasteiger partial charge in [0.25, 0.3) is 0 Å². The highest BCUT2D eigenvalue weighted by Crippen LogP contribution is 2.31. The summed E-state index contributed by atoms with van der Waals surface area (Å²) in [7, 11) is 2.94. The van der Waals surface area contributed by atoms with Crippen molar-refractivity contribution in [3.63, 3.8) is 0 Å². The number of aromatic nitrogens is 4. The van der Waals surface area contributed by atoms with Crippen LogP contribution in [-0.2, 0) is 22.3 Å². The molecule has 0 saturated heterocycles. The molecule has 0 atom stereocenters. The maximum absolute atomic E-state index is 12.8. The van der Waals surface area contributed by atoms with Crippen molar-refractivity contribution in [1.82, 2.24) is 20.0 Å². The Labute approximate surface area is 159 Å². The molecular formula is C16H13F3N4O2S2. The smallest absolute Gasteiger partial charge is 0.416 e. The summed E-state index contributed by atoms with van der Waals surface area (Å²) in [6.45, 7) is -0.139. The lowest BCUT2D eigenvalue weighted by Gasteiger charge is -2.07. The van der Waals surface area contributed by atoms with Crippen LogP contribution in [0.5, 0.6) is 0 Å². The zero-order chi connectivity index (χ0) is 19.3. The molecule has 0 spiro atoms. The highest BCUT2D eigenvalue weighted by molar-refractivity contribution is 8.76. The second-order valence-electron chi connectivity index (χ2n) is 5.24.